The van der Waals surface area contributed by atoms with Crippen LogP contribution in [0.4, 0.5) is 4.79 Å². The van der Waals surface area contributed by atoms with E-state index in [2.05, 4.69) is 10.2 Å². The zero-order valence-electron chi connectivity index (χ0n) is 10.9. The van der Waals surface area contributed by atoms with Gasteiger partial charge in [-0.15, -0.1) is 10.2 Å². The van der Waals surface area contributed by atoms with Crippen LogP contribution in [0.25, 0.3) is 0 Å². The average Bonchev–Trinajstić information content (AvgIpc) is 2.68. The Morgan fingerprint density at radius 2 is 2.11 bits per heavy atom. The van der Waals surface area contributed by atoms with E-state index < -0.39 is 5.60 Å². The summed E-state index contributed by atoms with van der Waals surface area (Å²) < 4.78 is 7.14. The molecule has 1 N–H and O–H groups in total. The van der Waals surface area contributed by atoms with Crippen molar-refractivity contribution in [1.29, 1.82) is 0 Å². The van der Waals surface area contributed by atoms with Gasteiger partial charge in [-0.1, -0.05) is 0 Å². The van der Waals surface area contributed by atoms with E-state index in [0.29, 0.717) is 31.3 Å². The monoisotopic (exact) mass is 254 g/mol. The quantitative estimate of drug-likeness (QED) is 0.790. The minimum Gasteiger partial charge on any atom is -0.444 e. The maximum atomic E-state index is 11.9. The van der Waals surface area contributed by atoms with Crippen molar-refractivity contribution < 1.29 is 14.6 Å². The van der Waals surface area contributed by atoms with E-state index in [1.807, 2.05) is 25.3 Å². The molecule has 0 radical (unpaired) electrons. The van der Waals surface area contributed by atoms with Gasteiger partial charge in [-0.3, -0.25) is 4.90 Å². The van der Waals surface area contributed by atoms with Crippen molar-refractivity contribution in [1.82, 2.24) is 19.7 Å². The van der Waals surface area contributed by atoms with Gasteiger partial charge in [0.05, 0.1) is 6.54 Å². The van der Waals surface area contributed by atoms with Gasteiger partial charge in [0, 0.05) is 13.1 Å². The standard InChI is InChI=1S/C11H18N4O3/c1-11(2,3)18-10(17)14-4-5-15-8(6-14)12-13-9(15)7-16/h16H,4-7H2,1-3H3. The molecule has 18 heavy (non-hydrogen) atoms. The third-order valence-electron chi connectivity index (χ3n) is 2.62. The molecule has 7 nitrogen and oxygen atoms in total. The highest BCUT2D eigenvalue weighted by atomic mass is 16.6. The fourth-order valence-electron chi connectivity index (χ4n) is 1.82. The summed E-state index contributed by atoms with van der Waals surface area (Å²) in [4.78, 5) is 13.5. The minimum absolute atomic E-state index is 0.139. The number of hydrogen-bond acceptors (Lipinski definition) is 5. The Hall–Kier alpha value is -1.63. The first kappa shape index (κ1) is 12.8. The first-order valence-electron chi connectivity index (χ1n) is 5.90. The predicted molar refractivity (Wildman–Crippen MR) is 62.6 cm³/mol. The number of aromatic nitrogens is 3. The van der Waals surface area contributed by atoms with Crippen molar-refractivity contribution in [3.8, 4) is 0 Å². The molecule has 0 saturated heterocycles. The van der Waals surface area contributed by atoms with Gasteiger partial charge in [0.2, 0.25) is 0 Å². The summed E-state index contributed by atoms with van der Waals surface area (Å²) in [6, 6.07) is 0. The molecule has 2 rings (SSSR count). The van der Waals surface area contributed by atoms with Crippen molar-refractivity contribution in [2.24, 2.45) is 0 Å². The van der Waals surface area contributed by atoms with Crippen LogP contribution in [0.1, 0.15) is 32.4 Å². The van der Waals surface area contributed by atoms with Crippen LogP contribution >= 0.6 is 0 Å². The zero-order valence-corrected chi connectivity index (χ0v) is 10.9. The molecular formula is C11H18N4O3. The Kier molecular flexibility index (Phi) is 3.25. The summed E-state index contributed by atoms with van der Waals surface area (Å²) in [7, 11) is 0. The maximum absolute atomic E-state index is 11.9. The summed E-state index contributed by atoms with van der Waals surface area (Å²) in [5.41, 5.74) is -0.502. The number of carbonyl (C=O) groups is 1. The average molecular weight is 254 g/mol. The van der Waals surface area contributed by atoms with Crippen LogP contribution in [0.15, 0.2) is 0 Å². The summed E-state index contributed by atoms with van der Waals surface area (Å²) in [6.45, 7) is 6.84. The van der Waals surface area contributed by atoms with E-state index in [-0.39, 0.29) is 12.7 Å². The van der Waals surface area contributed by atoms with E-state index in [0.717, 1.165) is 0 Å². The molecule has 1 aliphatic rings. The molecule has 2 heterocycles. The number of aliphatic hydroxyl groups is 1. The van der Waals surface area contributed by atoms with Crippen LogP contribution in [-0.2, 0) is 24.4 Å². The smallest absolute Gasteiger partial charge is 0.410 e. The van der Waals surface area contributed by atoms with Crippen LogP contribution < -0.4 is 0 Å². The highest BCUT2D eigenvalue weighted by Crippen LogP contribution is 2.16. The number of rotatable bonds is 1. The molecule has 7 heteroatoms. The van der Waals surface area contributed by atoms with E-state index in [1.54, 1.807) is 4.90 Å². The lowest BCUT2D eigenvalue weighted by Crippen LogP contribution is -2.41. The fraction of sp³-hybridized carbons (Fsp3) is 0.727. The number of amides is 1. The van der Waals surface area contributed by atoms with Crippen LogP contribution in [-0.4, -0.2) is 43.0 Å². The molecule has 1 amide bonds. The highest BCUT2D eigenvalue weighted by molar-refractivity contribution is 5.68. The maximum Gasteiger partial charge on any atom is 0.410 e. The number of hydrogen-bond donors (Lipinski definition) is 1. The highest BCUT2D eigenvalue weighted by Gasteiger charge is 2.27. The SMILES string of the molecule is CC(C)(C)OC(=O)N1CCn2c(CO)nnc2C1. The summed E-state index contributed by atoms with van der Waals surface area (Å²) in [5.74, 6) is 1.21. The zero-order chi connectivity index (χ0) is 13.3. The largest absolute Gasteiger partial charge is 0.444 e. The van der Waals surface area contributed by atoms with Crippen molar-refractivity contribution in [3.63, 3.8) is 0 Å². The molecule has 0 saturated carbocycles. The Morgan fingerprint density at radius 3 is 2.72 bits per heavy atom. The van der Waals surface area contributed by atoms with E-state index in [9.17, 15) is 4.79 Å². The molecule has 100 valence electrons. The second-order valence-electron chi connectivity index (χ2n) is 5.24. The molecule has 0 aromatic carbocycles. The Morgan fingerprint density at radius 1 is 1.39 bits per heavy atom. The number of ether oxygens (including phenoxy) is 1. The van der Waals surface area contributed by atoms with Gasteiger partial charge in [-0.05, 0) is 20.8 Å². The molecule has 1 aromatic rings. The first-order valence-corrected chi connectivity index (χ1v) is 5.90. The number of aliphatic hydroxyl groups excluding tert-OH is 1. The second-order valence-corrected chi connectivity index (χ2v) is 5.24. The minimum atomic E-state index is -0.502. The Bertz CT molecular complexity index is 450. The van der Waals surface area contributed by atoms with Gasteiger partial charge >= 0.3 is 6.09 Å². The lowest BCUT2D eigenvalue weighted by Gasteiger charge is -2.30. The van der Waals surface area contributed by atoms with Crippen molar-refractivity contribution in [2.45, 2.75) is 46.1 Å². The number of carbonyl (C=O) groups excluding carboxylic acids is 1. The van der Waals surface area contributed by atoms with E-state index in [4.69, 9.17) is 9.84 Å². The fourth-order valence-corrected chi connectivity index (χ4v) is 1.82. The van der Waals surface area contributed by atoms with Gasteiger partial charge in [-0.25, -0.2) is 4.79 Å². The number of fused-ring (bicyclic) bond motifs is 1. The first-order chi connectivity index (χ1) is 8.40. The molecule has 1 aromatic heterocycles. The Balaban J connectivity index is 2.06. The van der Waals surface area contributed by atoms with Crippen molar-refractivity contribution >= 4 is 6.09 Å². The molecule has 0 atom stereocenters. The van der Waals surface area contributed by atoms with E-state index >= 15 is 0 Å². The third kappa shape index (κ3) is 2.61. The molecule has 0 fully saturated rings. The van der Waals surface area contributed by atoms with Crippen molar-refractivity contribution in [2.75, 3.05) is 6.54 Å². The van der Waals surface area contributed by atoms with Gasteiger partial charge in [0.15, 0.2) is 11.6 Å². The summed E-state index contributed by atoms with van der Waals surface area (Å²) >= 11 is 0. The molecular weight excluding hydrogens is 236 g/mol. The molecule has 0 bridgehead atoms. The third-order valence-corrected chi connectivity index (χ3v) is 2.62. The molecule has 0 aliphatic carbocycles. The van der Waals surface area contributed by atoms with Crippen molar-refractivity contribution in [3.05, 3.63) is 11.6 Å². The van der Waals surface area contributed by atoms with Crippen LogP contribution in [0.3, 0.4) is 0 Å². The second kappa shape index (κ2) is 4.56. The summed E-state index contributed by atoms with van der Waals surface area (Å²) in [6.07, 6.45) is -0.345. The normalized spacial score (nSPS) is 15.4. The van der Waals surface area contributed by atoms with Crippen LogP contribution in [0.5, 0.6) is 0 Å². The Labute approximate surface area is 105 Å². The number of nitrogens with zero attached hydrogens (tertiary/aromatic N) is 4. The lowest BCUT2D eigenvalue weighted by molar-refractivity contribution is 0.0193. The van der Waals surface area contributed by atoms with Gasteiger partial charge in [-0.2, -0.15) is 0 Å². The molecule has 0 spiro atoms. The van der Waals surface area contributed by atoms with Gasteiger partial charge < -0.3 is 14.4 Å². The van der Waals surface area contributed by atoms with E-state index in [1.165, 1.54) is 0 Å². The lowest BCUT2D eigenvalue weighted by atomic mass is 10.2. The summed E-state index contributed by atoms with van der Waals surface area (Å²) in [5, 5.41) is 16.9. The topological polar surface area (TPSA) is 80.5 Å². The molecule has 1 aliphatic heterocycles. The van der Waals surface area contributed by atoms with Gasteiger partial charge in [0.1, 0.15) is 12.2 Å². The predicted octanol–water partition coefficient (Wildman–Crippen LogP) is 0.521. The molecule has 0 unspecified atom stereocenters. The van der Waals surface area contributed by atoms with Gasteiger partial charge in [0.25, 0.3) is 0 Å². The van der Waals surface area contributed by atoms with Crippen LogP contribution in [0.2, 0.25) is 0 Å². The van der Waals surface area contributed by atoms with Crippen LogP contribution in [0, 0.1) is 0 Å².